The van der Waals surface area contributed by atoms with Crippen molar-refractivity contribution < 1.29 is 13.2 Å². The second kappa shape index (κ2) is 7.09. The van der Waals surface area contributed by atoms with E-state index in [4.69, 9.17) is 5.26 Å². The van der Waals surface area contributed by atoms with E-state index in [0.29, 0.717) is 13.1 Å². The van der Waals surface area contributed by atoms with E-state index < -0.39 is 10.0 Å². The number of nitrogens with one attached hydrogen (secondary N) is 1. The van der Waals surface area contributed by atoms with Crippen LogP contribution in [0.2, 0.25) is 0 Å². The zero-order chi connectivity index (χ0) is 17.9. The summed E-state index contributed by atoms with van der Waals surface area (Å²) in [6.07, 6.45) is 2.04. The molecule has 0 spiro atoms. The van der Waals surface area contributed by atoms with Gasteiger partial charge in [-0.25, -0.2) is 8.42 Å². The number of aromatic nitrogens is 1. The van der Waals surface area contributed by atoms with Crippen molar-refractivity contribution in [2.24, 2.45) is 0 Å². The monoisotopic (exact) mass is 358 g/mol. The molecule has 0 unspecified atom stereocenters. The fourth-order valence-corrected chi connectivity index (χ4v) is 4.42. The normalized spacial score (nSPS) is 15.7. The van der Waals surface area contributed by atoms with Gasteiger partial charge in [0.2, 0.25) is 15.9 Å². The number of hydrogen-bond donors (Lipinski definition) is 1. The third-order valence-electron chi connectivity index (χ3n) is 4.22. The molecule has 2 aromatic rings. The molecule has 7 nitrogen and oxygen atoms in total. The van der Waals surface area contributed by atoms with Crippen LogP contribution in [0.3, 0.4) is 0 Å². The van der Waals surface area contributed by atoms with Crippen LogP contribution < -0.4 is 0 Å². The second-order valence-corrected chi connectivity index (χ2v) is 7.67. The van der Waals surface area contributed by atoms with Gasteiger partial charge in [-0.3, -0.25) is 4.79 Å². The minimum atomic E-state index is -3.74. The summed E-state index contributed by atoms with van der Waals surface area (Å²) in [4.78, 5) is 17.0. The molecule has 1 N–H and O–H groups in total. The molecular formula is C17H18N4O3S. The molecule has 1 aliphatic heterocycles. The summed E-state index contributed by atoms with van der Waals surface area (Å²) in [5.74, 6) is -0.0306. The van der Waals surface area contributed by atoms with Crippen molar-refractivity contribution in [2.45, 2.75) is 11.3 Å². The van der Waals surface area contributed by atoms with E-state index in [2.05, 4.69) is 4.98 Å². The van der Waals surface area contributed by atoms with Crippen molar-refractivity contribution in [3.8, 4) is 6.07 Å². The van der Waals surface area contributed by atoms with Gasteiger partial charge >= 0.3 is 0 Å². The molecule has 1 aromatic heterocycles. The predicted octanol–water partition coefficient (Wildman–Crippen LogP) is 0.962. The molecule has 0 aliphatic carbocycles. The fourth-order valence-electron chi connectivity index (χ4n) is 2.85. The Kier molecular flexibility index (Phi) is 4.88. The number of nitriles is 1. The first-order valence-corrected chi connectivity index (χ1v) is 9.35. The van der Waals surface area contributed by atoms with Crippen molar-refractivity contribution in [3.63, 3.8) is 0 Å². The number of carbonyl (C=O) groups is 1. The van der Waals surface area contributed by atoms with Gasteiger partial charge in [0, 0.05) is 38.1 Å². The summed E-state index contributed by atoms with van der Waals surface area (Å²) >= 11 is 0. The number of nitrogens with zero attached hydrogens (tertiary/aromatic N) is 3. The third kappa shape index (κ3) is 3.57. The summed E-state index contributed by atoms with van der Waals surface area (Å²) in [6, 6.07) is 11.8. The highest BCUT2D eigenvalue weighted by molar-refractivity contribution is 7.89. The minimum absolute atomic E-state index is 0.0173. The highest BCUT2D eigenvalue weighted by Crippen LogP contribution is 2.21. The van der Waals surface area contributed by atoms with E-state index in [1.54, 1.807) is 23.2 Å². The molecule has 1 saturated heterocycles. The lowest BCUT2D eigenvalue weighted by Gasteiger charge is -2.34. The zero-order valence-corrected chi connectivity index (χ0v) is 14.4. The molecule has 8 heteroatoms. The fraction of sp³-hybridized carbons (Fsp3) is 0.294. The maximum Gasteiger partial charge on any atom is 0.244 e. The Morgan fingerprint density at radius 1 is 1.12 bits per heavy atom. The average Bonchev–Trinajstić information content (AvgIpc) is 3.14. The van der Waals surface area contributed by atoms with Crippen LogP contribution in [0.25, 0.3) is 0 Å². The summed E-state index contributed by atoms with van der Waals surface area (Å²) in [7, 11) is -3.74. The largest absolute Gasteiger partial charge is 0.365 e. The Bertz CT molecular complexity index is 892. The van der Waals surface area contributed by atoms with E-state index >= 15 is 0 Å². The molecule has 130 valence electrons. The molecule has 25 heavy (non-hydrogen) atoms. The molecule has 1 aliphatic rings. The molecule has 1 fully saturated rings. The minimum Gasteiger partial charge on any atom is -0.365 e. The Balaban J connectivity index is 1.67. The second-order valence-electron chi connectivity index (χ2n) is 5.76. The number of rotatable bonds is 4. The van der Waals surface area contributed by atoms with Gasteiger partial charge in [0.25, 0.3) is 0 Å². The van der Waals surface area contributed by atoms with Crippen molar-refractivity contribution >= 4 is 15.9 Å². The highest BCUT2D eigenvalue weighted by atomic mass is 32.2. The summed E-state index contributed by atoms with van der Waals surface area (Å²) in [6.45, 7) is 1.12. The topological polar surface area (TPSA) is 97.3 Å². The van der Waals surface area contributed by atoms with Crippen LogP contribution in [0.1, 0.15) is 11.3 Å². The van der Waals surface area contributed by atoms with Crippen LogP contribution in [-0.4, -0.2) is 54.7 Å². The van der Waals surface area contributed by atoms with Gasteiger partial charge in [-0.2, -0.15) is 9.57 Å². The zero-order valence-electron chi connectivity index (χ0n) is 13.6. The number of carbonyl (C=O) groups excluding carboxylic acids is 1. The molecule has 1 aromatic carbocycles. The number of aromatic amines is 1. The van der Waals surface area contributed by atoms with Gasteiger partial charge in [0.05, 0.1) is 16.9 Å². The number of amides is 1. The van der Waals surface area contributed by atoms with Gasteiger partial charge < -0.3 is 9.88 Å². The van der Waals surface area contributed by atoms with Gasteiger partial charge in [-0.15, -0.1) is 0 Å². The van der Waals surface area contributed by atoms with Crippen LogP contribution in [-0.2, 0) is 21.2 Å². The molecule has 3 rings (SSSR count). The highest BCUT2D eigenvalue weighted by Gasteiger charge is 2.31. The maximum absolute atomic E-state index is 12.8. The lowest BCUT2D eigenvalue weighted by molar-refractivity contribution is -0.131. The van der Waals surface area contributed by atoms with Gasteiger partial charge in [0.1, 0.15) is 6.07 Å². The third-order valence-corrected chi connectivity index (χ3v) is 6.18. The van der Waals surface area contributed by atoms with Crippen molar-refractivity contribution in [1.82, 2.24) is 14.2 Å². The Hall–Kier alpha value is -2.63. The predicted molar refractivity (Wildman–Crippen MR) is 91.0 cm³/mol. The number of hydrogen-bond acceptors (Lipinski definition) is 4. The molecule has 2 heterocycles. The first-order valence-electron chi connectivity index (χ1n) is 7.91. The molecule has 0 bridgehead atoms. The number of benzene rings is 1. The maximum atomic E-state index is 12.8. The van der Waals surface area contributed by atoms with Crippen LogP contribution in [0.15, 0.2) is 47.5 Å². The summed E-state index contributed by atoms with van der Waals surface area (Å²) in [5.41, 5.74) is 0.968. The first kappa shape index (κ1) is 17.2. The molecular weight excluding hydrogens is 340 g/mol. The van der Waals surface area contributed by atoms with E-state index in [-0.39, 0.29) is 35.9 Å². The van der Waals surface area contributed by atoms with E-state index in [0.717, 1.165) is 5.69 Å². The number of H-pyrrole nitrogens is 1. The molecule has 0 saturated carbocycles. The van der Waals surface area contributed by atoms with Crippen molar-refractivity contribution in [1.29, 1.82) is 5.26 Å². The first-order chi connectivity index (χ1) is 12.0. The van der Waals surface area contributed by atoms with Crippen molar-refractivity contribution in [3.05, 3.63) is 53.9 Å². The molecule has 0 atom stereocenters. The quantitative estimate of drug-likeness (QED) is 0.880. The van der Waals surface area contributed by atoms with Crippen LogP contribution in [0, 0.1) is 11.3 Å². The Morgan fingerprint density at radius 3 is 2.48 bits per heavy atom. The van der Waals surface area contributed by atoms with E-state index in [1.807, 2.05) is 18.2 Å². The summed E-state index contributed by atoms with van der Waals surface area (Å²) < 4.78 is 26.9. The number of piperazine rings is 1. The summed E-state index contributed by atoms with van der Waals surface area (Å²) in [5, 5.41) is 9.13. The Labute approximate surface area is 146 Å². The lowest BCUT2D eigenvalue weighted by Crippen LogP contribution is -2.51. The van der Waals surface area contributed by atoms with E-state index in [1.165, 1.54) is 16.4 Å². The molecule has 1 amide bonds. The smallest absolute Gasteiger partial charge is 0.244 e. The van der Waals surface area contributed by atoms with Gasteiger partial charge in [-0.05, 0) is 24.3 Å². The lowest BCUT2D eigenvalue weighted by atomic mass is 10.2. The average molecular weight is 358 g/mol. The van der Waals surface area contributed by atoms with Crippen LogP contribution in [0.4, 0.5) is 0 Å². The van der Waals surface area contributed by atoms with Gasteiger partial charge in [-0.1, -0.05) is 12.1 Å². The molecule has 0 radical (unpaired) electrons. The van der Waals surface area contributed by atoms with Crippen LogP contribution in [0.5, 0.6) is 0 Å². The number of sulfonamides is 1. The van der Waals surface area contributed by atoms with Crippen molar-refractivity contribution in [2.75, 3.05) is 26.2 Å². The van der Waals surface area contributed by atoms with Gasteiger partial charge in [0.15, 0.2) is 0 Å². The van der Waals surface area contributed by atoms with E-state index in [9.17, 15) is 13.2 Å². The van der Waals surface area contributed by atoms with Crippen LogP contribution >= 0.6 is 0 Å². The SMILES string of the molecule is N#Cc1ccccc1S(=O)(=O)N1CCN(C(=O)Cc2ccc[nH]2)CC1. The standard InChI is InChI=1S/C17H18N4O3S/c18-13-14-4-1-2-6-16(14)25(23,24)21-10-8-20(9-11-21)17(22)12-15-5-3-7-19-15/h1-7,19H,8-12H2. The Morgan fingerprint density at radius 2 is 1.84 bits per heavy atom.